The summed E-state index contributed by atoms with van der Waals surface area (Å²) in [5.41, 5.74) is 0.958. The van der Waals surface area contributed by atoms with E-state index in [2.05, 4.69) is 4.98 Å². The van der Waals surface area contributed by atoms with Gasteiger partial charge >= 0.3 is 6.09 Å². The number of aromatic nitrogens is 1. The molecule has 1 N–H and O–H groups in total. The number of hydrogen-bond acceptors (Lipinski definition) is 2. The molecule has 0 bridgehead atoms. The fourth-order valence-corrected chi connectivity index (χ4v) is 1.02. The summed E-state index contributed by atoms with van der Waals surface area (Å²) in [6.07, 6.45) is 2.43. The highest BCUT2D eigenvalue weighted by Crippen LogP contribution is 2.02. The van der Waals surface area contributed by atoms with Gasteiger partial charge in [0.15, 0.2) is 0 Å². The Morgan fingerprint density at radius 2 is 2.15 bits per heavy atom. The van der Waals surface area contributed by atoms with Crippen LogP contribution in [0.25, 0.3) is 0 Å². The van der Waals surface area contributed by atoms with Crippen LogP contribution in [0.3, 0.4) is 0 Å². The van der Waals surface area contributed by atoms with Gasteiger partial charge in [-0.15, -0.1) is 0 Å². The zero-order chi connectivity index (χ0) is 9.68. The van der Waals surface area contributed by atoms with Crippen LogP contribution in [0, 0.1) is 0 Å². The smallest absolute Gasteiger partial charge is 0.407 e. The lowest BCUT2D eigenvalue weighted by Gasteiger charge is -2.16. The normalized spacial score (nSPS) is 9.62. The number of hydrogen-bond donors (Lipinski definition) is 1. The minimum Gasteiger partial charge on any atom is -0.465 e. The Morgan fingerprint density at radius 1 is 1.54 bits per heavy atom. The minimum atomic E-state index is -0.890. The second-order valence-electron chi connectivity index (χ2n) is 2.65. The Balaban J connectivity index is 2.62. The summed E-state index contributed by atoms with van der Waals surface area (Å²) < 4.78 is 0. The number of carboxylic acid groups (broad SMARTS) is 1. The Bertz CT molecular complexity index is 274. The number of rotatable bonds is 3. The van der Waals surface area contributed by atoms with Crippen molar-refractivity contribution >= 4 is 6.09 Å². The molecule has 0 aliphatic rings. The van der Waals surface area contributed by atoms with Crippen LogP contribution in [-0.2, 0) is 6.54 Å². The van der Waals surface area contributed by atoms with E-state index < -0.39 is 6.09 Å². The molecule has 0 saturated heterocycles. The van der Waals surface area contributed by atoms with Gasteiger partial charge in [0, 0.05) is 25.5 Å². The molecule has 4 heteroatoms. The van der Waals surface area contributed by atoms with Gasteiger partial charge in [-0.3, -0.25) is 4.98 Å². The predicted octanol–water partition coefficient (Wildman–Crippen LogP) is 1.58. The molecule has 0 unspecified atom stereocenters. The first-order chi connectivity index (χ1) is 6.24. The van der Waals surface area contributed by atoms with Crippen LogP contribution in [0.15, 0.2) is 24.5 Å². The molecule has 0 aliphatic heterocycles. The van der Waals surface area contributed by atoms with Crippen LogP contribution in [0.5, 0.6) is 0 Å². The predicted molar refractivity (Wildman–Crippen MR) is 48.3 cm³/mol. The van der Waals surface area contributed by atoms with Crippen LogP contribution in [0.4, 0.5) is 4.79 Å². The van der Waals surface area contributed by atoms with Gasteiger partial charge in [0.2, 0.25) is 0 Å². The number of carbonyl (C=O) groups is 1. The second kappa shape index (κ2) is 4.45. The van der Waals surface area contributed by atoms with Crippen molar-refractivity contribution in [2.45, 2.75) is 13.5 Å². The lowest BCUT2D eigenvalue weighted by molar-refractivity contribution is 0.145. The average Bonchev–Trinajstić information content (AvgIpc) is 2.15. The molecule has 1 aromatic rings. The molecule has 1 amide bonds. The molecule has 0 atom stereocenters. The van der Waals surface area contributed by atoms with Crippen molar-refractivity contribution < 1.29 is 9.90 Å². The standard InChI is InChI=1S/C9H12N2O2/c1-2-11(9(12)13)7-8-3-5-10-6-4-8/h3-6H,2,7H2,1H3,(H,12,13). The van der Waals surface area contributed by atoms with Crippen molar-refractivity contribution in [2.75, 3.05) is 6.54 Å². The Hall–Kier alpha value is -1.58. The summed E-state index contributed by atoms with van der Waals surface area (Å²) in [7, 11) is 0. The van der Waals surface area contributed by atoms with E-state index >= 15 is 0 Å². The van der Waals surface area contributed by atoms with Gasteiger partial charge in [-0.05, 0) is 24.6 Å². The third kappa shape index (κ3) is 2.74. The molecular weight excluding hydrogens is 168 g/mol. The van der Waals surface area contributed by atoms with Crippen molar-refractivity contribution in [3.8, 4) is 0 Å². The van der Waals surface area contributed by atoms with Gasteiger partial charge in [0.1, 0.15) is 0 Å². The fraction of sp³-hybridized carbons (Fsp3) is 0.333. The Labute approximate surface area is 76.8 Å². The second-order valence-corrected chi connectivity index (χ2v) is 2.65. The van der Waals surface area contributed by atoms with Crippen LogP contribution in [-0.4, -0.2) is 27.6 Å². The third-order valence-corrected chi connectivity index (χ3v) is 1.78. The number of amides is 1. The molecule has 4 nitrogen and oxygen atoms in total. The molecule has 70 valence electrons. The van der Waals surface area contributed by atoms with Crippen LogP contribution in [0.2, 0.25) is 0 Å². The van der Waals surface area contributed by atoms with E-state index in [1.54, 1.807) is 12.4 Å². The molecule has 1 aromatic heterocycles. The highest BCUT2D eigenvalue weighted by Gasteiger charge is 2.08. The summed E-state index contributed by atoms with van der Waals surface area (Å²) >= 11 is 0. The first kappa shape index (κ1) is 9.51. The summed E-state index contributed by atoms with van der Waals surface area (Å²) in [5, 5.41) is 8.74. The fourth-order valence-electron chi connectivity index (χ4n) is 1.02. The van der Waals surface area contributed by atoms with Gasteiger partial charge in [-0.2, -0.15) is 0 Å². The van der Waals surface area contributed by atoms with E-state index in [9.17, 15) is 4.79 Å². The molecule has 0 radical (unpaired) electrons. The van der Waals surface area contributed by atoms with E-state index in [0.29, 0.717) is 13.1 Å². The maximum Gasteiger partial charge on any atom is 0.407 e. The molecule has 1 rings (SSSR count). The highest BCUT2D eigenvalue weighted by atomic mass is 16.4. The summed E-state index contributed by atoms with van der Waals surface area (Å²) in [5.74, 6) is 0. The Morgan fingerprint density at radius 3 is 2.62 bits per heavy atom. The van der Waals surface area contributed by atoms with E-state index in [4.69, 9.17) is 5.11 Å². The van der Waals surface area contributed by atoms with Gasteiger partial charge in [0.05, 0.1) is 0 Å². The zero-order valence-electron chi connectivity index (χ0n) is 7.47. The average molecular weight is 180 g/mol. The molecular formula is C9H12N2O2. The number of pyridine rings is 1. The number of nitrogens with zero attached hydrogens (tertiary/aromatic N) is 2. The maximum absolute atomic E-state index is 10.6. The molecule has 0 aromatic carbocycles. The van der Waals surface area contributed by atoms with Gasteiger partial charge < -0.3 is 10.0 Å². The molecule has 0 spiro atoms. The van der Waals surface area contributed by atoms with Gasteiger partial charge in [-0.1, -0.05) is 0 Å². The monoisotopic (exact) mass is 180 g/mol. The lowest BCUT2D eigenvalue weighted by Crippen LogP contribution is -2.28. The van der Waals surface area contributed by atoms with Crippen LogP contribution < -0.4 is 0 Å². The Kier molecular flexibility index (Phi) is 3.25. The summed E-state index contributed by atoms with van der Waals surface area (Å²) in [6.45, 7) is 2.74. The topological polar surface area (TPSA) is 53.4 Å². The molecule has 0 aliphatic carbocycles. The molecule has 0 fully saturated rings. The van der Waals surface area contributed by atoms with E-state index in [1.807, 2.05) is 19.1 Å². The molecule has 0 saturated carbocycles. The van der Waals surface area contributed by atoms with Gasteiger partial charge in [0.25, 0.3) is 0 Å². The lowest BCUT2D eigenvalue weighted by atomic mass is 10.2. The minimum absolute atomic E-state index is 0.425. The van der Waals surface area contributed by atoms with Crippen molar-refractivity contribution in [2.24, 2.45) is 0 Å². The first-order valence-corrected chi connectivity index (χ1v) is 4.10. The third-order valence-electron chi connectivity index (χ3n) is 1.78. The van der Waals surface area contributed by atoms with Crippen molar-refractivity contribution in [1.29, 1.82) is 0 Å². The highest BCUT2D eigenvalue weighted by molar-refractivity contribution is 5.64. The van der Waals surface area contributed by atoms with Gasteiger partial charge in [-0.25, -0.2) is 4.79 Å². The van der Waals surface area contributed by atoms with Crippen molar-refractivity contribution in [1.82, 2.24) is 9.88 Å². The largest absolute Gasteiger partial charge is 0.465 e. The molecule has 13 heavy (non-hydrogen) atoms. The van der Waals surface area contributed by atoms with Crippen molar-refractivity contribution in [3.63, 3.8) is 0 Å². The SMILES string of the molecule is CCN(Cc1ccncc1)C(=O)O. The first-order valence-electron chi connectivity index (χ1n) is 4.10. The van der Waals surface area contributed by atoms with Crippen LogP contribution >= 0.6 is 0 Å². The molecule has 1 heterocycles. The van der Waals surface area contributed by atoms with Crippen LogP contribution in [0.1, 0.15) is 12.5 Å². The van der Waals surface area contributed by atoms with E-state index in [1.165, 1.54) is 4.90 Å². The maximum atomic E-state index is 10.6. The van der Waals surface area contributed by atoms with E-state index in [0.717, 1.165) is 5.56 Å². The van der Waals surface area contributed by atoms with Crippen molar-refractivity contribution in [3.05, 3.63) is 30.1 Å². The summed E-state index contributed by atoms with van der Waals surface area (Å²) in [6, 6.07) is 3.62. The van der Waals surface area contributed by atoms with E-state index in [-0.39, 0.29) is 0 Å². The zero-order valence-corrected chi connectivity index (χ0v) is 7.47. The quantitative estimate of drug-likeness (QED) is 0.768. The summed E-state index contributed by atoms with van der Waals surface area (Å²) in [4.78, 5) is 15.8.